The largest absolute Gasteiger partial charge is 0.488 e. The lowest BCUT2D eigenvalue weighted by molar-refractivity contribution is -0.135. The third-order valence-electron chi connectivity index (χ3n) is 9.99. The molecular weight excluding hydrogens is 847 g/mol. The third kappa shape index (κ3) is 19.5. The Morgan fingerprint density at radius 3 is 1.75 bits per heavy atom. The molecule has 2 aromatic heterocycles. The molecule has 14 nitrogen and oxygen atoms in total. The number of hydrogen-bond acceptors (Lipinski definition) is 9. The molecule has 67 heavy (non-hydrogen) atoms. The van der Waals surface area contributed by atoms with Gasteiger partial charge in [-0.05, 0) is 85.9 Å². The Kier molecular flexibility index (Phi) is 37.3. The second kappa shape index (κ2) is 38.2. The van der Waals surface area contributed by atoms with Gasteiger partial charge < -0.3 is 45.2 Å². The maximum Gasteiger partial charge on any atom is 0.404 e. The first kappa shape index (κ1) is 65.4. The molecule has 6 N–H and O–H groups in total. The van der Waals surface area contributed by atoms with E-state index in [0.717, 1.165) is 107 Å². The Bertz CT molecular complexity index is 2130. The molecule has 0 aliphatic carbocycles. The molecule has 3 aromatic carbocycles. The van der Waals surface area contributed by atoms with Gasteiger partial charge in [0.2, 0.25) is 11.8 Å². The van der Waals surface area contributed by atoms with Crippen LogP contribution in [0.15, 0.2) is 48.7 Å². The van der Waals surface area contributed by atoms with Gasteiger partial charge >= 0.3 is 6.09 Å². The number of nitrogens with two attached hydrogens (primary N) is 1. The van der Waals surface area contributed by atoms with Crippen molar-refractivity contribution >= 4 is 39.7 Å². The minimum atomic E-state index is -0.745. The molecule has 14 heteroatoms. The molecule has 6 rings (SSSR count). The average Bonchev–Trinajstić information content (AvgIpc) is 4.05. The molecule has 376 valence electrons. The lowest BCUT2D eigenvalue weighted by atomic mass is 9.92. The third-order valence-corrected chi connectivity index (χ3v) is 9.99. The van der Waals surface area contributed by atoms with Gasteiger partial charge in [0, 0.05) is 50.1 Å². The van der Waals surface area contributed by atoms with E-state index in [1.54, 1.807) is 0 Å². The van der Waals surface area contributed by atoms with Crippen LogP contribution in [0.4, 0.5) is 4.79 Å². The number of aromatic amines is 2. The molecule has 0 saturated heterocycles. The summed E-state index contributed by atoms with van der Waals surface area (Å²) in [7, 11) is 3.22. The van der Waals surface area contributed by atoms with E-state index in [2.05, 4.69) is 108 Å². The summed E-state index contributed by atoms with van der Waals surface area (Å²) in [6, 6.07) is 15.2. The normalized spacial score (nSPS) is 10.8. The summed E-state index contributed by atoms with van der Waals surface area (Å²) < 4.78 is 10.2. The number of amides is 3. The smallest absolute Gasteiger partial charge is 0.404 e. The van der Waals surface area contributed by atoms with E-state index >= 15 is 0 Å². The van der Waals surface area contributed by atoms with Crippen molar-refractivity contribution in [3.8, 4) is 41.0 Å². The summed E-state index contributed by atoms with van der Waals surface area (Å²) in [5.41, 5.74) is 11.5. The summed E-state index contributed by atoms with van der Waals surface area (Å²) >= 11 is 0. The number of aliphatic hydroxyl groups is 2. The minimum Gasteiger partial charge on any atom is -0.488 e. The molecule has 1 aliphatic heterocycles. The maximum atomic E-state index is 12.9. The monoisotopic (exact) mass is 934 g/mol. The van der Waals surface area contributed by atoms with Gasteiger partial charge in [0.25, 0.3) is 0 Å². The molecule has 0 saturated carbocycles. The number of aliphatic hydroxyl groups excluding tert-OH is 2. The highest BCUT2D eigenvalue weighted by Gasteiger charge is 2.24. The summed E-state index contributed by atoms with van der Waals surface area (Å²) in [5.74, 6) is 2.75. The van der Waals surface area contributed by atoms with Crippen LogP contribution in [0.5, 0.6) is 5.75 Å². The van der Waals surface area contributed by atoms with E-state index in [4.69, 9.17) is 19.9 Å². The quantitative estimate of drug-likeness (QED) is 0.0713. The van der Waals surface area contributed by atoms with Crippen molar-refractivity contribution in [1.29, 1.82) is 0 Å². The van der Waals surface area contributed by atoms with Crippen LogP contribution in [-0.2, 0) is 34.0 Å². The van der Waals surface area contributed by atoms with Crippen LogP contribution in [-0.4, -0.2) is 91.3 Å². The zero-order valence-corrected chi connectivity index (χ0v) is 44.1. The summed E-state index contributed by atoms with van der Waals surface area (Å²) in [6.45, 7) is 29.9. The Morgan fingerprint density at radius 1 is 0.761 bits per heavy atom. The molecule has 0 bridgehead atoms. The molecule has 0 radical (unpaired) electrons. The number of nitrogens with one attached hydrogen (secondary N) is 2. The number of carbonyl (C=O) groups is 3. The van der Waals surface area contributed by atoms with Gasteiger partial charge in [-0.15, -0.1) is 12.8 Å². The van der Waals surface area contributed by atoms with Crippen molar-refractivity contribution in [2.24, 2.45) is 5.73 Å². The van der Waals surface area contributed by atoms with Gasteiger partial charge in [0.05, 0.1) is 43.1 Å². The number of nitrogens with zero attached hydrogens (tertiary/aromatic N) is 4. The molecule has 0 fully saturated rings. The fourth-order valence-corrected chi connectivity index (χ4v) is 6.63. The van der Waals surface area contributed by atoms with Gasteiger partial charge in [-0.1, -0.05) is 101 Å². The van der Waals surface area contributed by atoms with E-state index in [1.165, 1.54) is 7.11 Å². The number of H-pyrrole nitrogens is 2. The number of aromatic nitrogens is 4. The second-order valence-corrected chi connectivity index (χ2v) is 13.7. The summed E-state index contributed by atoms with van der Waals surface area (Å²) in [4.78, 5) is 55.5. The molecule has 2 atom stereocenters. The maximum absolute atomic E-state index is 12.9. The van der Waals surface area contributed by atoms with Crippen molar-refractivity contribution in [3.05, 3.63) is 65.9 Å². The van der Waals surface area contributed by atoms with Crippen LogP contribution in [0.3, 0.4) is 0 Å². The highest BCUT2D eigenvalue weighted by Crippen LogP contribution is 2.42. The van der Waals surface area contributed by atoms with Crippen molar-refractivity contribution in [3.63, 3.8) is 0 Å². The number of ether oxygens (including phenoxy) is 2. The predicted octanol–water partition coefficient (Wildman–Crippen LogP) is 11.8. The SMILES string of the molecule is C#C.CC.CC.CC.CC.CCCC(=O)N(Cc1ncc(-c2ccc3c(c2)COc2cc4c(ccc5[nH]c(CN(C(=O)CCC)[C@@H](C)CC)nc54)cc2-3)[nH]1)[C@@H](C)CC.CO.CO.COC(N)=O. The van der Waals surface area contributed by atoms with E-state index < -0.39 is 6.09 Å². The number of fused-ring (bicyclic) bond motifs is 6. The fraction of sp³-hybridized carbons (Fsp3) is 0.528. The van der Waals surface area contributed by atoms with Crippen molar-refractivity contribution in [1.82, 2.24) is 29.7 Å². The summed E-state index contributed by atoms with van der Waals surface area (Å²) in [6.07, 6.45) is 13.7. The lowest BCUT2D eigenvalue weighted by Gasteiger charge is -2.27. The van der Waals surface area contributed by atoms with E-state index in [-0.39, 0.29) is 23.9 Å². The van der Waals surface area contributed by atoms with Crippen LogP contribution >= 0.6 is 0 Å². The number of rotatable bonds is 13. The number of benzene rings is 3. The first-order chi connectivity index (χ1) is 32.5. The van der Waals surface area contributed by atoms with Crippen molar-refractivity contribution in [2.45, 2.75) is 167 Å². The van der Waals surface area contributed by atoms with Crippen LogP contribution in [0.25, 0.3) is 44.2 Å². The van der Waals surface area contributed by atoms with Crippen LogP contribution in [0, 0.1) is 12.8 Å². The number of imidazole rings is 2. The van der Waals surface area contributed by atoms with Gasteiger partial charge in [-0.3, -0.25) is 9.59 Å². The Labute approximate surface area is 403 Å². The highest BCUT2D eigenvalue weighted by atomic mass is 16.5. The predicted molar refractivity (Wildman–Crippen MR) is 280 cm³/mol. The number of hydrogen-bond donors (Lipinski definition) is 5. The van der Waals surface area contributed by atoms with Crippen molar-refractivity contribution < 1.29 is 34.1 Å². The van der Waals surface area contributed by atoms with Gasteiger partial charge in [0.15, 0.2) is 0 Å². The number of methoxy groups -OCH3 is 1. The lowest BCUT2D eigenvalue weighted by Crippen LogP contribution is -2.37. The number of carbonyl (C=O) groups excluding carboxylic acids is 3. The molecule has 3 heterocycles. The van der Waals surface area contributed by atoms with E-state index in [0.29, 0.717) is 32.5 Å². The standard InChI is InChI=1S/C39H48N6O3.C2H5NO2.4C2H6.C2H2.2CH4O/c1-7-11-37(46)44(24(5)9-3)21-35-40-20-33(42-35)27-13-15-29-28(17-27)23-48-34-19-30-26(18-31(29)34)14-16-32-39(30)43-36(41-32)22-45(25(6)10-4)38(47)12-8-2;1-5-2(3)4;7*1-2/h13-20,24-25H,7-12,21-23H2,1-6H3,(H,40,42)(H,41,43);1H3,(H2,3,4);4*1-2H3;1-2H;2*2H,1H3/t24-,25-;;;;;;;;/m0......../s1. The number of primary amides is 1. The second-order valence-electron chi connectivity index (χ2n) is 13.7. The fourth-order valence-electron chi connectivity index (χ4n) is 6.63. The zero-order chi connectivity index (χ0) is 52.2. The highest BCUT2D eigenvalue weighted by molar-refractivity contribution is 6.07. The first-order valence-corrected chi connectivity index (χ1v) is 23.9. The van der Waals surface area contributed by atoms with Crippen LogP contribution < -0.4 is 10.5 Å². The molecule has 3 amide bonds. The molecule has 0 spiro atoms. The van der Waals surface area contributed by atoms with Crippen LogP contribution in [0.1, 0.15) is 153 Å². The van der Waals surface area contributed by atoms with Gasteiger partial charge in [-0.2, -0.15) is 0 Å². The first-order valence-electron chi connectivity index (χ1n) is 23.9. The summed E-state index contributed by atoms with van der Waals surface area (Å²) in [5, 5.41) is 16.1. The Morgan fingerprint density at radius 2 is 1.27 bits per heavy atom. The van der Waals surface area contributed by atoms with Crippen molar-refractivity contribution in [2.75, 3.05) is 21.3 Å². The molecule has 1 aliphatic rings. The average molecular weight is 934 g/mol. The number of terminal acetylenes is 1. The molecule has 0 unspecified atom stereocenters. The molecular formula is C53H87N7O7. The topological polar surface area (TPSA) is 200 Å². The minimum absolute atomic E-state index is 0.145. The van der Waals surface area contributed by atoms with Crippen LogP contribution in [0.2, 0.25) is 0 Å². The molecule has 5 aromatic rings. The van der Waals surface area contributed by atoms with E-state index in [1.807, 2.05) is 85.2 Å². The van der Waals surface area contributed by atoms with E-state index in [9.17, 15) is 14.4 Å². The van der Waals surface area contributed by atoms with Gasteiger partial charge in [-0.25, -0.2) is 14.8 Å². The Balaban J connectivity index is -0.00000190. The Hall–Kier alpha value is -5.91. The van der Waals surface area contributed by atoms with Gasteiger partial charge in [0.1, 0.15) is 24.0 Å². The zero-order valence-electron chi connectivity index (χ0n) is 44.1.